The summed E-state index contributed by atoms with van der Waals surface area (Å²) in [6.07, 6.45) is 8.59. The van der Waals surface area contributed by atoms with Crippen molar-refractivity contribution in [2.45, 2.75) is 64.5 Å². The number of hydrogen-bond donors (Lipinski definition) is 1. The van der Waals surface area contributed by atoms with Crippen molar-refractivity contribution in [3.05, 3.63) is 0 Å². The van der Waals surface area contributed by atoms with E-state index in [9.17, 15) is 0 Å². The normalized spacial score (nSPS) is 25.9. The summed E-state index contributed by atoms with van der Waals surface area (Å²) < 4.78 is 0. The van der Waals surface area contributed by atoms with Gasteiger partial charge >= 0.3 is 0 Å². The van der Waals surface area contributed by atoms with Gasteiger partial charge in [-0.3, -0.25) is 9.80 Å². The van der Waals surface area contributed by atoms with Crippen LogP contribution in [0, 0.1) is 5.92 Å². The van der Waals surface area contributed by atoms with Crippen LogP contribution >= 0.6 is 0 Å². The Labute approximate surface area is 119 Å². The lowest BCUT2D eigenvalue weighted by atomic mass is 9.84. The minimum absolute atomic E-state index is 0.636. The molecule has 1 aliphatic carbocycles. The van der Waals surface area contributed by atoms with E-state index in [4.69, 9.17) is 5.73 Å². The molecule has 1 unspecified atom stereocenters. The van der Waals surface area contributed by atoms with Crippen molar-refractivity contribution in [2.24, 2.45) is 11.7 Å². The van der Waals surface area contributed by atoms with Crippen LogP contribution in [0.1, 0.15) is 52.4 Å². The van der Waals surface area contributed by atoms with Gasteiger partial charge in [0.25, 0.3) is 0 Å². The van der Waals surface area contributed by atoms with Crippen LogP contribution in [-0.4, -0.2) is 54.6 Å². The first-order chi connectivity index (χ1) is 9.20. The minimum atomic E-state index is 0.636. The molecule has 2 rings (SSSR count). The third-order valence-electron chi connectivity index (χ3n) is 5.20. The topological polar surface area (TPSA) is 32.5 Å². The zero-order valence-corrected chi connectivity index (χ0v) is 13.0. The van der Waals surface area contributed by atoms with Crippen LogP contribution in [0.5, 0.6) is 0 Å². The highest BCUT2D eigenvalue weighted by molar-refractivity contribution is 4.83. The quantitative estimate of drug-likeness (QED) is 0.829. The lowest BCUT2D eigenvalue weighted by Crippen LogP contribution is -2.54. The Balaban J connectivity index is 1.78. The lowest BCUT2D eigenvalue weighted by molar-refractivity contribution is 0.0687. The van der Waals surface area contributed by atoms with Gasteiger partial charge in [-0.05, 0) is 26.2 Å². The Hall–Kier alpha value is -0.120. The van der Waals surface area contributed by atoms with Crippen molar-refractivity contribution in [1.29, 1.82) is 0 Å². The van der Waals surface area contributed by atoms with Gasteiger partial charge in [-0.2, -0.15) is 0 Å². The van der Waals surface area contributed by atoms with Gasteiger partial charge in [-0.15, -0.1) is 0 Å². The molecule has 0 spiro atoms. The standard InChI is InChI=1S/C16H33N3/c1-14(2)18-8-10-19(11-9-18)16(13-17)12-15-6-4-3-5-7-15/h14-16H,3-13,17H2,1-2H3. The van der Waals surface area contributed by atoms with Gasteiger partial charge in [0, 0.05) is 44.8 Å². The molecule has 0 radical (unpaired) electrons. The largest absolute Gasteiger partial charge is 0.329 e. The maximum absolute atomic E-state index is 6.06. The second-order valence-corrected chi connectivity index (χ2v) is 6.79. The van der Waals surface area contributed by atoms with Crippen LogP contribution in [-0.2, 0) is 0 Å². The SMILES string of the molecule is CC(C)N1CCN(C(CN)CC2CCCCC2)CC1. The molecule has 3 heteroatoms. The summed E-state index contributed by atoms with van der Waals surface area (Å²) in [5.41, 5.74) is 6.06. The monoisotopic (exact) mass is 267 g/mol. The van der Waals surface area contributed by atoms with Crippen LogP contribution < -0.4 is 5.73 Å². The molecule has 19 heavy (non-hydrogen) atoms. The Morgan fingerprint density at radius 1 is 0.947 bits per heavy atom. The first-order valence-electron chi connectivity index (χ1n) is 8.39. The second kappa shape index (κ2) is 7.61. The Kier molecular flexibility index (Phi) is 6.11. The smallest absolute Gasteiger partial charge is 0.0222 e. The molecule has 0 amide bonds. The fourth-order valence-electron chi connectivity index (χ4n) is 3.82. The van der Waals surface area contributed by atoms with E-state index in [1.807, 2.05) is 0 Å². The van der Waals surface area contributed by atoms with Crippen molar-refractivity contribution in [2.75, 3.05) is 32.7 Å². The Morgan fingerprint density at radius 3 is 2.05 bits per heavy atom. The Bertz CT molecular complexity index is 240. The van der Waals surface area contributed by atoms with E-state index in [1.54, 1.807) is 0 Å². The fraction of sp³-hybridized carbons (Fsp3) is 1.00. The fourth-order valence-corrected chi connectivity index (χ4v) is 3.82. The van der Waals surface area contributed by atoms with Crippen molar-refractivity contribution in [3.8, 4) is 0 Å². The maximum Gasteiger partial charge on any atom is 0.0222 e. The molecule has 1 heterocycles. The summed E-state index contributed by atoms with van der Waals surface area (Å²) in [6.45, 7) is 10.3. The van der Waals surface area contributed by atoms with E-state index in [1.165, 1.54) is 64.7 Å². The van der Waals surface area contributed by atoms with E-state index in [2.05, 4.69) is 23.6 Å². The first kappa shape index (κ1) is 15.3. The van der Waals surface area contributed by atoms with E-state index in [-0.39, 0.29) is 0 Å². The zero-order valence-electron chi connectivity index (χ0n) is 13.0. The van der Waals surface area contributed by atoms with E-state index in [0.29, 0.717) is 12.1 Å². The average Bonchev–Trinajstić information content (AvgIpc) is 2.46. The van der Waals surface area contributed by atoms with Crippen molar-refractivity contribution < 1.29 is 0 Å². The highest BCUT2D eigenvalue weighted by atomic mass is 15.3. The first-order valence-corrected chi connectivity index (χ1v) is 8.39. The van der Waals surface area contributed by atoms with Gasteiger partial charge in [0.15, 0.2) is 0 Å². The molecule has 0 aromatic rings. The van der Waals surface area contributed by atoms with Crippen molar-refractivity contribution in [3.63, 3.8) is 0 Å². The maximum atomic E-state index is 6.06. The number of hydrogen-bond acceptors (Lipinski definition) is 3. The summed E-state index contributed by atoms with van der Waals surface area (Å²) in [5, 5.41) is 0. The molecule has 2 aliphatic rings. The van der Waals surface area contributed by atoms with Crippen molar-refractivity contribution >= 4 is 0 Å². The van der Waals surface area contributed by atoms with Gasteiger partial charge in [0.2, 0.25) is 0 Å². The summed E-state index contributed by atoms with van der Waals surface area (Å²) >= 11 is 0. The summed E-state index contributed by atoms with van der Waals surface area (Å²) in [6, 6.07) is 1.33. The van der Waals surface area contributed by atoms with Crippen LogP contribution in [0.25, 0.3) is 0 Å². The molecule has 1 saturated heterocycles. The van der Waals surface area contributed by atoms with E-state index < -0.39 is 0 Å². The van der Waals surface area contributed by atoms with Crippen LogP contribution in [0.2, 0.25) is 0 Å². The lowest BCUT2D eigenvalue weighted by Gasteiger charge is -2.41. The second-order valence-electron chi connectivity index (χ2n) is 6.79. The predicted molar refractivity (Wildman–Crippen MR) is 82.3 cm³/mol. The molecule has 2 fully saturated rings. The van der Waals surface area contributed by atoms with Gasteiger partial charge < -0.3 is 5.73 Å². The highest BCUT2D eigenvalue weighted by Gasteiger charge is 2.26. The molecule has 0 aromatic carbocycles. The highest BCUT2D eigenvalue weighted by Crippen LogP contribution is 2.28. The van der Waals surface area contributed by atoms with E-state index in [0.717, 1.165) is 12.5 Å². The molecular weight excluding hydrogens is 234 g/mol. The number of nitrogens with zero attached hydrogens (tertiary/aromatic N) is 2. The molecule has 0 aromatic heterocycles. The number of nitrogens with two attached hydrogens (primary N) is 1. The van der Waals surface area contributed by atoms with Gasteiger partial charge in [-0.1, -0.05) is 32.1 Å². The molecule has 2 N–H and O–H groups in total. The van der Waals surface area contributed by atoms with Crippen LogP contribution in [0.3, 0.4) is 0 Å². The van der Waals surface area contributed by atoms with E-state index >= 15 is 0 Å². The average molecular weight is 267 g/mol. The molecular formula is C16H33N3. The summed E-state index contributed by atoms with van der Waals surface area (Å²) in [4.78, 5) is 5.25. The Morgan fingerprint density at radius 2 is 1.53 bits per heavy atom. The molecule has 1 atom stereocenters. The molecule has 3 nitrogen and oxygen atoms in total. The third kappa shape index (κ3) is 4.44. The molecule has 1 aliphatic heterocycles. The summed E-state index contributed by atoms with van der Waals surface area (Å²) in [5.74, 6) is 0.949. The van der Waals surface area contributed by atoms with Gasteiger partial charge in [0.1, 0.15) is 0 Å². The zero-order chi connectivity index (χ0) is 13.7. The summed E-state index contributed by atoms with van der Waals surface area (Å²) in [7, 11) is 0. The minimum Gasteiger partial charge on any atom is -0.329 e. The van der Waals surface area contributed by atoms with Gasteiger partial charge in [0.05, 0.1) is 0 Å². The van der Waals surface area contributed by atoms with Crippen LogP contribution in [0.15, 0.2) is 0 Å². The molecule has 1 saturated carbocycles. The number of rotatable bonds is 5. The number of piperazine rings is 1. The van der Waals surface area contributed by atoms with Crippen molar-refractivity contribution in [1.82, 2.24) is 9.80 Å². The van der Waals surface area contributed by atoms with Crippen LogP contribution in [0.4, 0.5) is 0 Å². The predicted octanol–water partition coefficient (Wildman–Crippen LogP) is 2.31. The molecule has 0 bridgehead atoms. The van der Waals surface area contributed by atoms with Gasteiger partial charge in [-0.25, -0.2) is 0 Å². The third-order valence-corrected chi connectivity index (χ3v) is 5.20. The molecule has 112 valence electrons.